The minimum Gasteiger partial charge on any atom is -0.376 e. The number of nitrogens with zero attached hydrogens (tertiary/aromatic N) is 2. The summed E-state index contributed by atoms with van der Waals surface area (Å²) in [4.78, 5) is 15.0. The fourth-order valence-electron chi connectivity index (χ4n) is 2.61. The molecule has 27 heavy (non-hydrogen) atoms. The summed E-state index contributed by atoms with van der Waals surface area (Å²) in [6.45, 7) is 8.48. The molecule has 0 aromatic heterocycles. The van der Waals surface area contributed by atoms with Crippen LogP contribution < -0.4 is 10.6 Å². The van der Waals surface area contributed by atoms with Crippen molar-refractivity contribution in [2.75, 3.05) is 13.2 Å². The second-order valence-corrected chi connectivity index (χ2v) is 7.13. The molecule has 1 fully saturated rings. The SMILES string of the molecule is CC(C)C(C)NC(=NCc1ccc([N+](=O)[O-])cc1)NCC1CCCCO1.I. The van der Waals surface area contributed by atoms with Crippen molar-refractivity contribution in [3.63, 3.8) is 0 Å². The van der Waals surface area contributed by atoms with Gasteiger partial charge in [-0.15, -0.1) is 24.0 Å². The van der Waals surface area contributed by atoms with Crippen LogP contribution in [0, 0.1) is 16.0 Å². The lowest BCUT2D eigenvalue weighted by Crippen LogP contribution is -2.47. The van der Waals surface area contributed by atoms with Gasteiger partial charge in [-0.3, -0.25) is 10.1 Å². The Labute approximate surface area is 178 Å². The third kappa shape index (κ3) is 8.42. The normalized spacial score (nSPS) is 18.5. The Morgan fingerprint density at radius 2 is 2.00 bits per heavy atom. The van der Waals surface area contributed by atoms with Gasteiger partial charge in [-0.2, -0.15) is 0 Å². The maximum Gasteiger partial charge on any atom is 0.269 e. The smallest absolute Gasteiger partial charge is 0.269 e. The summed E-state index contributed by atoms with van der Waals surface area (Å²) in [5, 5.41) is 17.6. The zero-order chi connectivity index (χ0) is 18.9. The van der Waals surface area contributed by atoms with Crippen LogP contribution in [0.3, 0.4) is 0 Å². The van der Waals surface area contributed by atoms with Crippen LogP contribution in [0.1, 0.15) is 45.6 Å². The highest BCUT2D eigenvalue weighted by Crippen LogP contribution is 2.13. The Bertz CT molecular complexity index is 601. The molecule has 1 saturated heterocycles. The summed E-state index contributed by atoms with van der Waals surface area (Å²) in [5.74, 6) is 1.23. The van der Waals surface area contributed by atoms with Crippen molar-refractivity contribution in [2.24, 2.45) is 10.9 Å². The highest BCUT2D eigenvalue weighted by atomic mass is 127. The molecule has 2 rings (SSSR count). The highest BCUT2D eigenvalue weighted by molar-refractivity contribution is 14.0. The van der Waals surface area contributed by atoms with Gasteiger partial charge in [0.2, 0.25) is 0 Å². The fourth-order valence-corrected chi connectivity index (χ4v) is 2.61. The van der Waals surface area contributed by atoms with Gasteiger partial charge in [0.15, 0.2) is 5.96 Å². The van der Waals surface area contributed by atoms with Gasteiger partial charge in [-0.05, 0) is 37.7 Å². The number of ether oxygens (including phenoxy) is 1. The molecule has 152 valence electrons. The average Bonchev–Trinajstić information content (AvgIpc) is 2.64. The Hall–Kier alpha value is -1.42. The number of nitro groups is 1. The van der Waals surface area contributed by atoms with Crippen molar-refractivity contribution in [2.45, 2.75) is 58.7 Å². The minimum absolute atomic E-state index is 0. The molecule has 2 atom stereocenters. The molecule has 0 bridgehead atoms. The van der Waals surface area contributed by atoms with Crippen molar-refractivity contribution in [1.82, 2.24) is 10.6 Å². The van der Waals surface area contributed by atoms with E-state index in [0.29, 0.717) is 12.5 Å². The Balaban J connectivity index is 0.00000364. The molecule has 1 aliphatic rings. The van der Waals surface area contributed by atoms with Gasteiger partial charge >= 0.3 is 0 Å². The molecule has 2 unspecified atom stereocenters. The van der Waals surface area contributed by atoms with Crippen LogP contribution in [0.4, 0.5) is 5.69 Å². The Kier molecular flexibility index (Phi) is 10.6. The molecule has 1 aliphatic heterocycles. The molecular formula is C19H31IN4O3. The average molecular weight is 490 g/mol. The van der Waals surface area contributed by atoms with Crippen LogP contribution in [0.25, 0.3) is 0 Å². The van der Waals surface area contributed by atoms with Crippen LogP contribution in [0.15, 0.2) is 29.3 Å². The summed E-state index contributed by atoms with van der Waals surface area (Å²) >= 11 is 0. The van der Waals surface area contributed by atoms with Crippen molar-refractivity contribution >= 4 is 35.6 Å². The molecule has 0 amide bonds. The van der Waals surface area contributed by atoms with Crippen LogP contribution in [0.5, 0.6) is 0 Å². The lowest BCUT2D eigenvalue weighted by molar-refractivity contribution is -0.384. The topological polar surface area (TPSA) is 88.8 Å². The molecule has 0 aliphatic carbocycles. The van der Waals surface area contributed by atoms with Crippen LogP contribution in [-0.4, -0.2) is 36.2 Å². The second-order valence-electron chi connectivity index (χ2n) is 7.13. The molecule has 7 nitrogen and oxygen atoms in total. The van der Waals surface area contributed by atoms with Crippen LogP contribution in [0.2, 0.25) is 0 Å². The van der Waals surface area contributed by atoms with E-state index >= 15 is 0 Å². The van der Waals surface area contributed by atoms with E-state index in [-0.39, 0.29) is 41.8 Å². The van der Waals surface area contributed by atoms with Crippen molar-refractivity contribution in [3.05, 3.63) is 39.9 Å². The quantitative estimate of drug-likeness (QED) is 0.199. The van der Waals surface area contributed by atoms with Gasteiger partial charge in [0.1, 0.15) is 0 Å². The van der Waals surface area contributed by atoms with Gasteiger partial charge in [-0.25, -0.2) is 4.99 Å². The number of halogens is 1. The Morgan fingerprint density at radius 1 is 1.30 bits per heavy atom. The van der Waals surface area contributed by atoms with E-state index in [2.05, 4.69) is 36.4 Å². The van der Waals surface area contributed by atoms with E-state index < -0.39 is 4.92 Å². The third-order valence-electron chi connectivity index (χ3n) is 4.70. The predicted octanol–water partition coefficient (Wildman–Crippen LogP) is 3.86. The summed E-state index contributed by atoms with van der Waals surface area (Å²) in [5.41, 5.74) is 1.03. The second kappa shape index (κ2) is 12.1. The first-order valence-electron chi connectivity index (χ1n) is 9.35. The molecule has 8 heteroatoms. The predicted molar refractivity (Wildman–Crippen MR) is 119 cm³/mol. The summed E-state index contributed by atoms with van der Waals surface area (Å²) in [6.07, 6.45) is 3.64. The standard InChI is InChI=1S/C19H30N4O3.HI/c1-14(2)15(3)22-19(21-13-18-6-4-5-11-26-18)20-12-16-7-9-17(10-8-16)23(24)25;/h7-10,14-15,18H,4-6,11-13H2,1-3H3,(H2,20,21,22);1H. The summed E-state index contributed by atoms with van der Waals surface area (Å²) in [6, 6.07) is 6.80. The number of non-ortho nitro benzene ring substituents is 1. The zero-order valence-corrected chi connectivity index (χ0v) is 18.6. The molecule has 0 radical (unpaired) electrons. The van der Waals surface area contributed by atoms with Crippen molar-refractivity contribution < 1.29 is 9.66 Å². The number of guanidine groups is 1. The molecule has 1 aromatic carbocycles. The van der Waals surface area contributed by atoms with Crippen LogP contribution >= 0.6 is 24.0 Å². The van der Waals surface area contributed by atoms with Gasteiger partial charge in [0.05, 0.1) is 17.6 Å². The lowest BCUT2D eigenvalue weighted by atomic mass is 10.1. The molecule has 0 saturated carbocycles. The minimum atomic E-state index is -0.393. The maximum atomic E-state index is 10.7. The van der Waals surface area contributed by atoms with E-state index in [4.69, 9.17) is 4.74 Å². The number of hydrogen-bond donors (Lipinski definition) is 2. The number of nitrogens with one attached hydrogen (secondary N) is 2. The first-order chi connectivity index (χ1) is 12.5. The number of rotatable bonds is 7. The van der Waals surface area contributed by atoms with Crippen molar-refractivity contribution in [1.29, 1.82) is 0 Å². The molecule has 1 aromatic rings. The van der Waals surface area contributed by atoms with Crippen LogP contribution in [-0.2, 0) is 11.3 Å². The third-order valence-corrected chi connectivity index (χ3v) is 4.70. The molecule has 0 spiro atoms. The van der Waals surface area contributed by atoms with E-state index in [1.165, 1.54) is 18.6 Å². The van der Waals surface area contributed by atoms with E-state index in [1.54, 1.807) is 12.1 Å². The molecular weight excluding hydrogens is 459 g/mol. The number of benzene rings is 1. The van der Waals surface area contributed by atoms with E-state index in [1.807, 2.05) is 0 Å². The molecule has 2 N–H and O–H groups in total. The number of nitro benzene ring substituents is 1. The largest absolute Gasteiger partial charge is 0.376 e. The monoisotopic (exact) mass is 490 g/mol. The first-order valence-corrected chi connectivity index (χ1v) is 9.35. The Morgan fingerprint density at radius 3 is 2.56 bits per heavy atom. The maximum absolute atomic E-state index is 10.7. The van der Waals surface area contributed by atoms with Crippen molar-refractivity contribution in [3.8, 4) is 0 Å². The summed E-state index contributed by atoms with van der Waals surface area (Å²) in [7, 11) is 0. The lowest BCUT2D eigenvalue weighted by Gasteiger charge is -2.25. The highest BCUT2D eigenvalue weighted by Gasteiger charge is 2.15. The molecule has 1 heterocycles. The van der Waals surface area contributed by atoms with Gasteiger partial charge in [-0.1, -0.05) is 26.0 Å². The van der Waals surface area contributed by atoms with Gasteiger partial charge in [0, 0.05) is 31.3 Å². The summed E-state index contributed by atoms with van der Waals surface area (Å²) < 4.78 is 5.77. The fraction of sp³-hybridized carbons (Fsp3) is 0.632. The number of aliphatic imine (C=N–C) groups is 1. The number of hydrogen-bond acceptors (Lipinski definition) is 4. The van der Waals surface area contributed by atoms with E-state index in [9.17, 15) is 10.1 Å². The van der Waals surface area contributed by atoms with E-state index in [0.717, 1.165) is 37.5 Å². The van der Waals surface area contributed by atoms with Gasteiger partial charge < -0.3 is 15.4 Å². The zero-order valence-electron chi connectivity index (χ0n) is 16.3. The van der Waals surface area contributed by atoms with Gasteiger partial charge in [0.25, 0.3) is 5.69 Å². The first kappa shape index (κ1) is 23.6.